The molecule has 0 spiro atoms. The van der Waals surface area contributed by atoms with E-state index in [9.17, 15) is 9.90 Å². The zero-order valence-electron chi connectivity index (χ0n) is 17.9. The number of aliphatic hydroxyl groups is 1. The summed E-state index contributed by atoms with van der Waals surface area (Å²) in [6, 6.07) is 13.6. The van der Waals surface area contributed by atoms with Gasteiger partial charge in [0.1, 0.15) is 0 Å². The first-order valence-corrected chi connectivity index (χ1v) is 12.3. The normalized spacial score (nSPS) is 20.5. The van der Waals surface area contributed by atoms with Gasteiger partial charge in [-0.25, -0.2) is 4.39 Å². The first-order valence-electron chi connectivity index (χ1n) is 10.7. The quantitative estimate of drug-likeness (QED) is 0.339. The van der Waals surface area contributed by atoms with E-state index in [-0.39, 0.29) is 30.8 Å². The first kappa shape index (κ1) is 23.7. The number of hydrogen-bond donors (Lipinski definition) is 1. The van der Waals surface area contributed by atoms with Crippen molar-refractivity contribution in [2.24, 2.45) is 5.41 Å². The van der Waals surface area contributed by atoms with Gasteiger partial charge in [0.05, 0.1) is 23.8 Å². The van der Waals surface area contributed by atoms with Crippen LogP contribution in [0.4, 0.5) is 4.39 Å². The van der Waals surface area contributed by atoms with Crippen LogP contribution in [0.2, 0.25) is 10.0 Å². The predicted molar refractivity (Wildman–Crippen MR) is 131 cm³/mol. The van der Waals surface area contributed by atoms with Gasteiger partial charge in [0, 0.05) is 38.8 Å². The highest BCUT2D eigenvalue weighted by Crippen LogP contribution is 2.51. The number of aromatic nitrogens is 1. The predicted octanol–water partition coefficient (Wildman–Crippen LogP) is 6.34. The van der Waals surface area contributed by atoms with Crippen molar-refractivity contribution in [3.63, 3.8) is 0 Å². The van der Waals surface area contributed by atoms with Crippen LogP contribution in [-0.2, 0) is 17.1 Å². The van der Waals surface area contributed by atoms with Crippen molar-refractivity contribution in [2.45, 2.75) is 25.1 Å². The molecule has 5 rings (SSSR count). The van der Waals surface area contributed by atoms with Crippen LogP contribution in [0.15, 0.2) is 59.2 Å². The SMILES string of the molecule is O=C1c2cc(Br)cc(-c3ccc(Cl)cc3)c2C(F)(Cc2ccc(Cl)cn2)N1OCC1(CO)CC1. The van der Waals surface area contributed by atoms with Gasteiger partial charge in [-0.2, -0.15) is 5.06 Å². The van der Waals surface area contributed by atoms with Crippen LogP contribution >= 0.6 is 39.1 Å². The summed E-state index contributed by atoms with van der Waals surface area (Å²) < 4.78 is 17.9. The van der Waals surface area contributed by atoms with Gasteiger partial charge in [0.2, 0.25) is 5.79 Å². The Balaban J connectivity index is 1.64. The molecule has 0 saturated heterocycles. The Labute approximate surface area is 214 Å². The molecule has 3 aromatic rings. The van der Waals surface area contributed by atoms with Crippen molar-refractivity contribution in [3.8, 4) is 11.1 Å². The van der Waals surface area contributed by atoms with Crippen LogP contribution < -0.4 is 0 Å². The first-order chi connectivity index (χ1) is 16.2. The highest BCUT2D eigenvalue weighted by Gasteiger charge is 2.55. The number of fused-ring (bicyclic) bond motifs is 1. The van der Waals surface area contributed by atoms with Crippen molar-refractivity contribution in [2.75, 3.05) is 13.2 Å². The molecule has 1 saturated carbocycles. The van der Waals surface area contributed by atoms with Gasteiger partial charge in [0.25, 0.3) is 5.91 Å². The number of amides is 1. The Hall–Kier alpha value is -2.03. The highest BCUT2D eigenvalue weighted by atomic mass is 79.9. The average Bonchev–Trinajstić information content (AvgIpc) is 3.57. The molecule has 1 N–H and O–H groups in total. The average molecular weight is 566 g/mol. The Morgan fingerprint density at radius 1 is 1.09 bits per heavy atom. The van der Waals surface area contributed by atoms with Crippen molar-refractivity contribution in [1.29, 1.82) is 0 Å². The van der Waals surface area contributed by atoms with Crippen LogP contribution in [0.5, 0.6) is 0 Å². The molecular formula is C25H20BrCl2FN2O3. The second kappa shape index (κ2) is 8.88. The number of rotatable bonds is 7. The fourth-order valence-electron chi connectivity index (χ4n) is 4.22. The number of halogens is 4. The minimum absolute atomic E-state index is 0.0421. The molecule has 1 aromatic heterocycles. The van der Waals surface area contributed by atoms with Crippen molar-refractivity contribution in [3.05, 3.63) is 86.1 Å². The third-order valence-corrected chi connectivity index (χ3v) is 7.31. The molecule has 0 bridgehead atoms. The van der Waals surface area contributed by atoms with Gasteiger partial charge in [-0.1, -0.05) is 51.3 Å². The summed E-state index contributed by atoms with van der Waals surface area (Å²) >= 11 is 15.5. The van der Waals surface area contributed by atoms with E-state index in [0.717, 1.165) is 17.9 Å². The molecule has 2 heterocycles. The molecule has 1 amide bonds. The van der Waals surface area contributed by atoms with Gasteiger partial charge >= 0.3 is 0 Å². The molecule has 34 heavy (non-hydrogen) atoms. The lowest BCUT2D eigenvalue weighted by Gasteiger charge is -2.32. The monoisotopic (exact) mass is 564 g/mol. The van der Waals surface area contributed by atoms with Crippen LogP contribution in [0.25, 0.3) is 11.1 Å². The number of aliphatic hydroxyl groups excluding tert-OH is 1. The lowest BCUT2D eigenvalue weighted by molar-refractivity contribution is -0.236. The minimum Gasteiger partial charge on any atom is -0.396 e. The lowest BCUT2D eigenvalue weighted by Crippen LogP contribution is -2.43. The van der Waals surface area contributed by atoms with Crippen LogP contribution in [0, 0.1) is 5.41 Å². The Morgan fingerprint density at radius 2 is 1.76 bits per heavy atom. The number of carbonyl (C=O) groups is 1. The van der Waals surface area contributed by atoms with Crippen LogP contribution in [-0.4, -0.2) is 34.3 Å². The maximum absolute atomic E-state index is 17.3. The van der Waals surface area contributed by atoms with E-state index < -0.39 is 17.1 Å². The maximum atomic E-state index is 17.3. The van der Waals surface area contributed by atoms with E-state index in [0.29, 0.717) is 31.3 Å². The van der Waals surface area contributed by atoms with E-state index in [1.165, 1.54) is 6.20 Å². The molecule has 0 radical (unpaired) electrons. The Bertz CT molecular complexity index is 1250. The lowest BCUT2D eigenvalue weighted by atomic mass is 9.89. The molecule has 1 atom stereocenters. The van der Waals surface area contributed by atoms with Gasteiger partial charge in [0.15, 0.2) is 0 Å². The molecule has 5 nitrogen and oxygen atoms in total. The van der Waals surface area contributed by atoms with E-state index in [2.05, 4.69) is 20.9 Å². The largest absolute Gasteiger partial charge is 0.396 e. The number of benzene rings is 2. The Kier molecular flexibility index (Phi) is 6.19. The fraction of sp³-hybridized carbons (Fsp3) is 0.280. The molecule has 1 aliphatic heterocycles. The van der Waals surface area contributed by atoms with E-state index in [4.69, 9.17) is 28.0 Å². The van der Waals surface area contributed by atoms with Crippen LogP contribution in [0.1, 0.15) is 34.5 Å². The molecule has 1 unspecified atom stereocenters. The van der Waals surface area contributed by atoms with Crippen molar-refractivity contribution < 1.29 is 19.1 Å². The van der Waals surface area contributed by atoms with E-state index >= 15 is 4.39 Å². The van der Waals surface area contributed by atoms with E-state index in [1.54, 1.807) is 48.5 Å². The Morgan fingerprint density at radius 3 is 2.38 bits per heavy atom. The summed E-state index contributed by atoms with van der Waals surface area (Å²) in [5.74, 6) is -2.93. The topological polar surface area (TPSA) is 62.7 Å². The number of pyridine rings is 1. The summed E-state index contributed by atoms with van der Waals surface area (Å²) in [5.41, 5.74) is 1.62. The number of hydroxylamine groups is 2. The molecule has 2 aromatic carbocycles. The molecule has 1 aliphatic carbocycles. The van der Waals surface area contributed by atoms with E-state index in [1.807, 2.05) is 0 Å². The third-order valence-electron chi connectivity index (χ3n) is 6.37. The summed E-state index contributed by atoms with van der Waals surface area (Å²) in [6.07, 6.45) is 2.73. The highest BCUT2D eigenvalue weighted by molar-refractivity contribution is 9.10. The minimum atomic E-state index is -2.34. The molecular weight excluding hydrogens is 546 g/mol. The molecule has 1 fully saturated rings. The van der Waals surface area contributed by atoms with Gasteiger partial charge < -0.3 is 5.11 Å². The zero-order chi connectivity index (χ0) is 24.1. The third kappa shape index (κ3) is 4.25. The smallest absolute Gasteiger partial charge is 0.281 e. The number of alkyl halides is 1. The molecule has 2 aliphatic rings. The van der Waals surface area contributed by atoms with Crippen LogP contribution in [0.3, 0.4) is 0 Å². The van der Waals surface area contributed by atoms with Gasteiger partial charge in [-0.3, -0.25) is 14.6 Å². The molecule has 9 heteroatoms. The number of hydrogen-bond acceptors (Lipinski definition) is 4. The summed E-state index contributed by atoms with van der Waals surface area (Å²) in [6.45, 7) is -0.0397. The van der Waals surface area contributed by atoms with Crippen molar-refractivity contribution in [1.82, 2.24) is 10.0 Å². The standard InChI is InChI=1S/C25H20BrCl2FN2O3/c26-16-9-20(15-1-3-17(27)4-2-15)22-21(10-16)23(33)31(34-14-24(13-32)7-8-24)25(22,29)11-19-6-5-18(28)12-30-19/h1-6,9-10,12,32H,7-8,11,13-14H2. The van der Waals surface area contributed by atoms with Gasteiger partial charge in [-0.05, 0) is 60.4 Å². The second-order valence-electron chi connectivity index (χ2n) is 8.82. The summed E-state index contributed by atoms with van der Waals surface area (Å²) in [7, 11) is 0. The number of carbonyl (C=O) groups excluding carboxylic acids is 1. The molecule has 176 valence electrons. The fourth-order valence-corrected chi connectivity index (χ4v) is 4.91. The zero-order valence-corrected chi connectivity index (χ0v) is 21.0. The number of nitrogens with zero attached hydrogens (tertiary/aromatic N) is 2. The summed E-state index contributed by atoms with van der Waals surface area (Å²) in [4.78, 5) is 23.6. The maximum Gasteiger partial charge on any atom is 0.281 e. The van der Waals surface area contributed by atoms with Gasteiger partial charge in [-0.15, -0.1) is 0 Å². The second-order valence-corrected chi connectivity index (χ2v) is 10.6. The summed E-state index contributed by atoms with van der Waals surface area (Å²) in [5, 5.41) is 11.5. The van der Waals surface area contributed by atoms with Crippen molar-refractivity contribution >= 4 is 45.0 Å².